The van der Waals surface area contributed by atoms with Crippen LogP contribution in [0.25, 0.3) is 16.8 Å². The lowest BCUT2D eigenvalue weighted by molar-refractivity contribution is 0.0685. The normalized spacial score (nSPS) is 17.8. The standard InChI is InChI=1S/C19H19FN4O/c1-13-4-3-9-23(12-13)19(25)15-11-22-24-16(5-2-6-17(15)24)14-7-8-18(20)21-10-14/h2,5-8,10-11,13H,3-4,9,12H2,1H3. The minimum Gasteiger partial charge on any atom is -0.338 e. The predicted octanol–water partition coefficient (Wildman–Crippen LogP) is 3.41. The van der Waals surface area contributed by atoms with Crippen molar-refractivity contribution in [3.63, 3.8) is 0 Å². The van der Waals surface area contributed by atoms with Crippen LogP contribution in [0.2, 0.25) is 0 Å². The predicted molar refractivity (Wildman–Crippen MR) is 92.7 cm³/mol. The molecule has 1 unspecified atom stereocenters. The number of carbonyl (C=O) groups is 1. The highest BCUT2D eigenvalue weighted by molar-refractivity contribution is 6.01. The molecule has 25 heavy (non-hydrogen) atoms. The molecule has 0 spiro atoms. The number of hydrogen-bond acceptors (Lipinski definition) is 3. The highest BCUT2D eigenvalue weighted by atomic mass is 19.1. The zero-order valence-electron chi connectivity index (χ0n) is 14.0. The van der Waals surface area contributed by atoms with Gasteiger partial charge in [0.25, 0.3) is 5.91 Å². The second kappa shape index (κ2) is 6.27. The Hall–Kier alpha value is -2.76. The second-order valence-corrected chi connectivity index (χ2v) is 6.63. The summed E-state index contributed by atoms with van der Waals surface area (Å²) in [5.74, 6) is 0.0304. The largest absolute Gasteiger partial charge is 0.338 e. The van der Waals surface area contributed by atoms with Crippen molar-refractivity contribution in [1.82, 2.24) is 19.5 Å². The number of likely N-dealkylation sites (tertiary alicyclic amines) is 1. The van der Waals surface area contributed by atoms with Gasteiger partial charge >= 0.3 is 0 Å². The molecule has 5 nitrogen and oxygen atoms in total. The number of hydrogen-bond donors (Lipinski definition) is 0. The van der Waals surface area contributed by atoms with E-state index in [1.165, 1.54) is 18.7 Å². The van der Waals surface area contributed by atoms with Gasteiger partial charge in [-0.3, -0.25) is 4.79 Å². The molecule has 0 aromatic carbocycles. The number of amides is 1. The van der Waals surface area contributed by atoms with Crippen LogP contribution in [0.1, 0.15) is 30.1 Å². The van der Waals surface area contributed by atoms with Crippen LogP contribution in [0.4, 0.5) is 4.39 Å². The Bertz CT molecular complexity index is 919. The smallest absolute Gasteiger partial charge is 0.257 e. The summed E-state index contributed by atoms with van der Waals surface area (Å²) in [5, 5.41) is 4.40. The lowest BCUT2D eigenvalue weighted by Crippen LogP contribution is -2.39. The van der Waals surface area contributed by atoms with Gasteiger partial charge in [-0.25, -0.2) is 9.50 Å². The molecule has 4 heterocycles. The van der Waals surface area contributed by atoms with E-state index in [-0.39, 0.29) is 5.91 Å². The number of nitrogens with zero attached hydrogens (tertiary/aromatic N) is 4. The number of rotatable bonds is 2. The van der Waals surface area contributed by atoms with E-state index in [1.54, 1.807) is 16.8 Å². The molecule has 1 aliphatic heterocycles. The zero-order chi connectivity index (χ0) is 17.4. The Morgan fingerprint density at radius 1 is 1.24 bits per heavy atom. The maximum absolute atomic E-state index is 13.1. The van der Waals surface area contributed by atoms with E-state index >= 15 is 0 Å². The maximum Gasteiger partial charge on any atom is 0.257 e. The topological polar surface area (TPSA) is 50.5 Å². The van der Waals surface area contributed by atoms with Crippen LogP contribution in [-0.2, 0) is 0 Å². The number of pyridine rings is 2. The SMILES string of the molecule is CC1CCCN(C(=O)c2cnn3c(-c4ccc(F)nc4)cccc23)C1. The summed E-state index contributed by atoms with van der Waals surface area (Å²) in [6, 6.07) is 8.62. The van der Waals surface area contributed by atoms with Crippen LogP contribution >= 0.6 is 0 Å². The molecule has 1 fully saturated rings. The van der Waals surface area contributed by atoms with Crippen molar-refractivity contribution < 1.29 is 9.18 Å². The van der Waals surface area contributed by atoms with Gasteiger partial charge in [0.15, 0.2) is 0 Å². The van der Waals surface area contributed by atoms with Gasteiger partial charge in [-0.1, -0.05) is 13.0 Å². The minimum atomic E-state index is -0.522. The minimum absolute atomic E-state index is 0.0240. The fourth-order valence-corrected chi connectivity index (χ4v) is 3.47. The van der Waals surface area contributed by atoms with Crippen molar-refractivity contribution in [3.8, 4) is 11.3 Å². The van der Waals surface area contributed by atoms with Crippen molar-refractivity contribution >= 4 is 11.4 Å². The maximum atomic E-state index is 13.1. The van der Waals surface area contributed by atoms with Crippen LogP contribution < -0.4 is 0 Å². The molecule has 1 amide bonds. The van der Waals surface area contributed by atoms with E-state index < -0.39 is 5.95 Å². The molecule has 6 heteroatoms. The molecule has 0 radical (unpaired) electrons. The number of aromatic nitrogens is 3. The molecule has 3 aromatic rings. The van der Waals surface area contributed by atoms with Gasteiger partial charge in [-0.15, -0.1) is 0 Å². The Kier molecular flexibility index (Phi) is 3.95. The summed E-state index contributed by atoms with van der Waals surface area (Å²) in [6.07, 6.45) is 5.30. The van der Waals surface area contributed by atoms with Crippen molar-refractivity contribution in [3.05, 3.63) is 54.2 Å². The number of carbonyl (C=O) groups excluding carboxylic acids is 1. The zero-order valence-corrected chi connectivity index (χ0v) is 14.0. The molecule has 128 valence electrons. The summed E-state index contributed by atoms with van der Waals surface area (Å²) >= 11 is 0. The molecule has 0 bridgehead atoms. The van der Waals surface area contributed by atoms with Crippen molar-refractivity contribution in [1.29, 1.82) is 0 Å². The first-order valence-corrected chi connectivity index (χ1v) is 8.51. The Labute approximate surface area is 145 Å². The van der Waals surface area contributed by atoms with E-state index in [9.17, 15) is 9.18 Å². The van der Waals surface area contributed by atoms with Crippen LogP contribution in [0, 0.1) is 11.9 Å². The van der Waals surface area contributed by atoms with Crippen LogP contribution in [0.5, 0.6) is 0 Å². The summed E-state index contributed by atoms with van der Waals surface area (Å²) < 4.78 is 14.8. The average molecular weight is 338 g/mol. The molecule has 3 aromatic heterocycles. The monoisotopic (exact) mass is 338 g/mol. The Balaban J connectivity index is 1.74. The fraction of sp³-hybridized carbons (Fsp3) is 0.316. The molecule has 1 atom stereocenters. The molecule has 0 N–H and O–H groups in total. The summed E-state index contributed by atoms with van der Waals surface area (Å²) in [4.78, 5) is 18.5. The molecule has 4 rings (SSSR count). The second-order valence-electron chi connectivity index (χ2n) is 6.63. The summed E-state index contributed by atoms with van der Waals surface area (Å²) in [5.41, 5.74) is 2.88. The van der Waals surface area contributed by atoms with Gasteiger partial charge in [0.1, 0.15) is 0 Å². The lowest BCUT2D eigenvalue weighted by Gasteiger charge is -2.30. The first kappa shape index (κ1) is 15.7. The third-order valence-electron chi connectivity index (χ3n) is 4.74. The van der Waals surface area contributed by atoms with Crippen LogP contribution in [-0.4, -0.2) is 38.5 Å². The Morgan fingerprint density at radius 2 is 2.12 bits per heavy atom. The average Bonchev–Trinajstić information content (AvgIpc) is 3.06. The van der Waals surface area contributed by atoms with Gasteiger partial charge in [-0.2, -0.15) is 9.49 Å². The lowest BCUT2D eigenvalue weighted by atomic mass is 10.00. The quantitative estimate of drug-likeness (QED) is 0.673. The molecular formula is C19H19FN4O. The van der Waals surface area contributed by atoms with Gasteiger partial charge in [0, 0.05) is 24.8 Å². The van der Waals surface area contributed by atoms with Crippen molar-refractivity contribution in [2.24, 2.45) is 5.92 Å². The van der Waals surface area contributed by atoms with Crippen molar-refractivity contribution in [2.45, 2.75) is 19.8 Å². The first-order chi connectivity index (χ1) is 12.1. The van der Waals surface area contributed by atoms with Gasteiger partial charge < -0.3 is 4.90 Å². The van der Waals surface area contributed by atoms with E-state index in [1.807, 2.05) is 23.1 Å². The van der Waals surface area contributed by atoms with E-state index in [2.05, 4.69) is 17.0 Å². The summed E-state index contributed by atoms with van der Waals surface area (Å²) in [7, 11) is 0. The molecule has 0 saturated carbocycles. The summed E-state index contributed by atoms with van der Waals surface area (Å²) in [6.45, 7) is 3.76. The molecular weight excluding hydrogens is 319 g/mol. The molecule has 1 saturated heterocycles. The molecule has 1 aliphatic rings. The highest BCUT2D eigenvalue weighted by Crippen LogP contribution is 2.24. The van der Waals surface area contributed by atoms with Gasteiger partial charge in [0.2, 0.25) is 5.95 Å². The van der Waals surface area contributed by atoms with Crippen LogP contribution in [0.15, 0.2) is 42.7 Å². The Morgan fingerprint density at radius 3 is 2.88 bits per heavy atom. The van der Waals surface area contributed by atoms with Crippen LogP contribution in [0.3, 0.4) is 0 Å². The van der Waals surface area contributed by atoms with Gasteiger partial charge in [-0.05, 0) is 43.0 Å². The third kappa shape index (κ3) is 2.88. The number of halogens is 1. The van der Waals surface area contributed by atoms with Crippen molar-refractivity contribution in [2.75, 3.05) is 13.1 Å². The third-order valence-corrected chi connectivity index (χ3v) is 4.74. The molecule has 0 aliphatic carbocycles. The van der Waals surface area contributed by atoms with Gasteiger partial charge in [0.05, 0.1) is 23.0 Å². The number of fused-ring (bicyclic) bond motifs is 1. The first-order valence-electron chi connectivity index (χ1n) is 8.51. The fourth-order valence-electron chi connectivity index (χ4n) is 3.47. The number of piperidine rings is 1. The van der Waals surface area contributed by atoms with E-state index in [4.69, 9.17) is 0 Å². The highest BCUT2D eigenvalue weighted by Gasteiger charge is 2.24. The van der Waals surface area contributed by atoms with E-state index in [0.717, 1.165) is 36.3 Å². The van der Waals surface area contributed by atoms with E-state index in [0.29, 0.717) is 11.5 Å².